The summed E-state index contributed by atoms with van der Waals surface area (Å²) in [6, 6.07) is 10.7. The number of carbonyl (C=O) groups is 2. The summed E-state index contributed by atoms with van der Waals surface area (Å²) in [6.07, 6.45) is 5.16. The maximum atomic E-state index is 12.7. The highest BCUT2D eigenvalue weighted by Gasteiger charge is 2.21. The molecule has 1 aromatic carbocycles. The maximum absolute atomic E-state index is 12.7. The molecule has 1 amide bonds. The molecule has 2 aromatic heterocycles. The van der Waals surface area contributed by atoms with E-state index < -0.39 is 5.25 Å². The number of pyridine rings is 1. The Labute approximate surface area is 173 Å². The van der Waals surface area contributed by atoms with E-state index in [0.29, 0.717) is 28.8 Å². The number of rotatable bonds is 8. The number of carbonyl (C=O) groups excluding carboxylic acids is 2. The molecule has 29 heavy (non-hydrogen) atoms. The predicted molar refractivity (Wildman–Crippen MR) is 114 cm³/mol. The summed E-state index contributed by atoms with van der Waals surface area (Å²) in [4.78, 5) is 28.6. The van der Waals surface area contributed by atoms with Crippen molar-refractivity contribution in [2.75, 3.05) is 5.32 Å². The molecule has 8 heteroatoms. The lowest BCUT2D eigenvalue weighted by molar-refractivity contribution is -0.115. The molecule has 0 aliphatic rings. The molecule has 0 saturated carbocycles. The topological polar surface area (TPSA) is 89.8 Å². The summed E-state index contributed by atoms with van der Waals surface area (Å²) in [6.45, 7) is 7.55. The van der Waals surface area contributed by atoms with Gasteiger partial charge in [0.1, 0.15) is 0 Å². The Morgan fingerprint density at radius 2 is 2.03 bits per heavy atom. The van der Waals surface area contributed by atoms with Gasteiger partial charge >= 0.3 is 0 Å². The first-order chi connectivity index (χ1) is 14.0. The molecule has 3 aromatic rings. The van der Waals surface area contributed by atoms with Crippen LogP contribution in [-0.4, -0.2) is 36.7 Å². The average Bonchev–Trinajstić information content (AvgIpc) is 3.11. The Hall–Kier alpha value is -3.26. The molecule has 1 atom stereocenters. The fourth-order valence-electron chi connectivity index (χ4n) is 2.72. The van der Waals surface area contributed by atoms with Gasteiger partial charge in [-0.15, -0.1) is 16.8 Å². The largest absolute Gasteiger partial charge is 0.324 e. The zero-order valence-corrected chi connectivity index (χ0v) is 17.0. The highest BCUT2D eigenvalue weighted by molar-refractivity contribution is 8.00. The third-order valence-electron chi connectivity index (χ3n) is 4.16. The van der Waals surface area contributed by atoms with Gasteiger partial charge in [-0.05, 0) is 38.1 Å². The highest BCUT2D eigenvalue weighted by Crippen LogP contribution is 2.27. The molecular formula is C21H21N5O2S. The summed E-state index contributed by atoms with van der Waals surface area (Å²) >= 11 is 1.29. The third-order valence-corrected chi connectivity index (χ3v) is 5.24. The number of benzene rings is 1. The molecule has 0 aliphatic carbocycles. The second-order valence-corrected chi connectivity index (χ2v) is 7.61. The Balaban J connectivity index is 1.79. The van der Waals surface area contributed by atoms with Crippen molar-refractivity contribution in [3.63, 3.8) is 0 Å². The van der Waals surface area contributed by atoms with Crippen LogP contribution in [0.1, 0.15) is 24.2 Å². The number of amides is 1. The molecule has 0 unspecified atom stereocenters. The fourth-order valence-corrected chi connectivity index (χ4v) is 3.58. The molecule has 0 spiro atoms. The molecule has 0 radical (unpaired) electrons. The van der Waals surface area contributed by atoms with E-state index in [1.807, 2.05) is 16.7 Å². The molecular weight excluding hydrogens is 386 g/mol. The Morgan fingerprint density at radius 3 is 2.72 bits per heavy atom. The SMILES string of the molecule is C=CCn1c(S[C@@H](C)C(=O)Nc2ccccc2C(C)=O)nnc1-c1cccnc1. The van der Waals surface area contributed by atoms with Crippen LogP contribution in [0.5, 0.6) is 0 Å². The summed E-state index contributed by atoms with van der Waals surface area (Å²) in [5, 5.41) is 11.5. The van der Waals surface area contributed by atoms with E-state index in [4.69, 9.17) is 0 Å². The molecule has 1 N–H and O–H groups in total. The molecule has 7 nitrogen and oxygen atoms in total. The first-order valence-electron chi connectivity index (χ1n) is 9.03. The van der Waals surface area contributed by atoms with Crippen LogP contribution in [0.2, 0.25) is 0 Å². The third kappa shape index (κ3) is 4.78. The quantitative estimate of drug-likeness (QED) is 0.347. The van der Waals surface area contributed by atoms with Crippen LogP contribution in [0.25, 0.3) is 11.4 Å². The van der Waals surface area contributed by atoms with Crippen LogP contribution < -0.4 is 5.32 Å². The lowest BCUT2D eigenvalue weighted by atomic mass is 10.1. The number of ketones is 1. The molecule has 148 valence electrons. The number of anilines is 1. The van der Waals surface area contributed by atoms with Crippen LogP contribution in [0, 0.1) is 0 Å². The lowest BCUT2D eigenvalue weighted by Crippen LogP contribution is -2.24. The number of hydrogen-bond donors (Lipinski definition) is 1. The van der Waals surface area contributed by atoms with Crippen molar-refractivity contribution in [2.45, 2.75) is 30.8 Å². The lowest BCUT2D eigenvalue weighted by Gasteiger charge is -2.14. The monoisotopic (exact) mass is 407 g/mol. The number of hydrogen-bond acceptors (Lipinski definition) is 6. The summed E-state index contributed by atoms with van der Waals surface area (Å²) in [5.74, 6) is 0.336. The van der Waals surface area contributed by atoms with E-state index in [2.05, 4.69) is 27.1 Å². The molecule has 0 aliphatic heterocycles. The zero-order valence-electron chi connectivity index (χ0n) is 16.2. The van der Waals surface area contributed by atoms with Gasteiger partial charge in [-0.1, -0.05) is 30.0 Å². The zero-order chi connectivity index (χ0) is 20.8. The van der Waals surface area contributed by atoms with Crippen molar-refractivity contribution in [1.29, 1.82) is 0 Å². The second kappa shape index (κ2) is 9.29. The molecule has 0 fully saturated rings. The molecule has 2 heterocycles. The normalized spacial score (nSPS) is 11.7. The van der Waals surface area contributed by atoms with Crippen molar-refractivity contribution in [2.24, 2.45) is 0 Å². The van der Waals surface area contributed by atoms with Gasteiger partial charge in [0.2, 0.25) is 5.91 Å². The van der Waals surface area contributed by atoms with E-state index >= 15 is 0 Å². The van der Waals surface area contributed by atoms with Gasteiger partial charge in [-0.3, -0.25) is 19.1 Å². The summed E-state index contributed by atoms with van der Waals surface area (Å²) < 4.78 is 1.89. The van der Waals surface area contributed by atoms with Crippen molar-refractivity contribution in [3.8, 4) is 11.4 Å². The average molecular weight is 407 g/mol. The molecule has 0 bridgehead atoms. The van der Waals surface area contributed by atoms with Crippen molar-refractivity contribution >= 4 is 29.1 Å². The van der Waals surface area contributed by atoms with Crippen molar-refractivity contribution in [3.05, 3.63) is 67.0 Å². The number of aromatic nitrogens is 4. The van der Waals surface area contributed by atoms with Crippen LogP contribution in [0.15, 0.2) is 66.6 Å². The first-order valence-corrected chi connectivity index (χ1v) is 9.91. The van der Waals surface area contributed by atoms with E-state index in [9.17, 15) is 9.59 Å². The van der Waals surface area contributed by atoms with Crippen molar-refractivity contribution < 1.29 is 9.59 Å². The van der Waals surface area contributed by atoms with Gasteiger partial charge in [0.05, 0.1) is 10.9 Å². The minimum Gasteiger partial charge on any atom is -0.324 e. The van der Waals surface area contributed by atoms with Gasteiger partial charge in [0.15, 0.2) is 16.8 Å². The predicted octanol–water partition coefficient (Wildman–Crippen LogP) is 3.85. The van der Waals surface area contributed by atoms with Gasteiger partial charge in [-0.2, -0.15) is 0 Å². The fraction of sp³-hybridized carbons (Fsp3) is 0.190. The smallest absolute Gasteiger partial charge is 0.237 e. The number of Topliss-reactive ketones (excluding diaryl/α,β-unsaturated/α-hetero) is 1. The Kier molecular flexibility index (Phi) is 6.56. The van der Waals surface area contributed by atoms with Gasteiger partial charge in [0, 0.05) is 30.1 Å². The van der Waals surface area contributed by atoms with E-state index in [-0.39, 0.29) is 11.7 Å². The van der Waals surface area contributed by atoms with Crippen LogP contribution in [0.4, 0.5) is 5.69 Å². The van der Waals surface area contributed by atoms with E-state index in [1.165, 1.54) is 18.7 Å². The first kappa shape index (κ1) is 20.5. The Morgan fingerprint density at radius 1 is 1.24 bits per heavy atom. The minimum absolute atomic E-state index is 0.104. The van der Waals surface area contributed by atoms with Crippen molar-refractivity contribution in [1.82, 2.24) is 19.7 Å². The number of nitrogens with zero attached hydrogens (tertiary/aromatic N) is 4. The maximum Gasteiger partial charge on any atom is 0.237 e. The Bertz CT molecular complexity index is 1030. The highest BCUT2D eigenvalue weighted by atomic mass is 32.2. The summed E-state index contributed by atoms with van der Waals surface area (Å²) in [5.41, 5.74) is 1.81. The number of nitrogens with one attached hydrogen (secondary N) is 1. The van der Waals surface area contributed by atoms with Gasteiger partial charge in [0.25, 0.3) is 0 Å². The summed E-state index contributed by atoms with van der Waals surface area (Å²) in [7, 11) is 0. The van der Waals surface area contributed by atoms with Gasteiger partial charge < -0.3 is 5.32 Å². The van der Waals surface area contributed by atoms with Crippen LogP contribution in [0.3, 0.4) is 0 Å². The van der Waals surface area contributed by atoms with Gasteiger partial charge in [-0.25, -0.2) is 0 Å². The molecule has 0 saturated heterocycles. The minimum atomic E-state index is -0.454. The number of para-hydroxylation sites is 1. The van der Waals surface area contributed by atoms with Crippen LogP contribution in [-0.2, 0) is 11.3 Å². The molecule has 3 rings (SSSR count). The second-order valence-electron chi connectivity index (χ2n) is 6.30. The number of thioether (sulfide) groups is 1. The van der Waals surface area contributed by atoms with Crippen LogP contribution >= 0.6 is 11.8 Å². The van der Waals surface area contributed by atoms with E-state index in [1.54, 1.807) is 49.7 Å². The standard InChI is InChI=1S/C21H21N5O2S/c1-4-12-26-19(16-8-7-11-22-13-16)24-25-21(26)29-15(3)20(28)23-18-10-6-5-9-17(18)14(2)27/h4-11,13,15H,1,12H2,2-3H3,(H,23,28)/t15-/m0/s1. The number of allylic oxidation sites excluding steroid dienone is 1. The van der Waals surface area contributed by atoms with E-state index in [0.717, 1.165) is 5.56 Å².